The molecule has 1 aromatic heterocycles. The van der Waals surface area contributed by atoms with E-state index in [1.165, 1.54) is 30.2 Å². The smallest absolute Gasteiger partial charge is 0.416 e. The molecular weight excluding hydrogens is 423 g/mol. The molecule has 10 heteroatoms. The van der Waals surface area contributed by atoms with Gasteiger partial charge in [0.2, 0.25) is 5.88 Å². The van der Waals surface area contributed by atoms with Gasteiger partial charge in [-0.15, -0.1) is 0 Å². The highest BCUT2D eigenvalue weighted by Crippen LogP contribution is 2.43. The molecule has 2 unspecified atom stereocenters. The van der Waals surface area contributed by atoms with E-state index in [-0.39, 0.29) is 22.0 Å². The van der Waals surface area contributed by atoms with Gasteiger partial charge in [0.15, 0.2) is 9.84 Å². The van der Waals surface area contributed by atoms with Crippen LogP contribution in [0.5, 0.6) is 11.6 Å². The molecular formula is C17H15ClF3NO3S2. The number of sulfone groups is 1. The summed E-state index contributed by atoms with van der Waals surface area (Å²) in [6.45, 7) is 0. The van der Waals surface area contributed by atoms with Gasteiger partial charge < -0.3 is 4.74 Å². The van der Waals surface area contributed by atoms with Crippen LogP contribution < -0.4 is 4.74 Å². The lowest BCUT2D eigenvalue weighted by Gasteiger charge is -2.13. The minimum atomic E-state index is -4.42. The Morgan fingerprint density at radius 2 is 1.89 bits per heavy atom. The molecule has 1 saturated heterocycles. The predicted molar refractivity (Wildman–Crippen MR) is 99.2 cm³/mol. The molecule has 146 valence electrons. The first-order valence-electron chi connectivity index (χ1n) is 7.85. The van der Waals surface area contributed by atoms with Gasteiger partial charge in [0.25, 0.3) is 0 Å². The van der Waals surface area contributed by atoms with Gasteiger partial charge in [0, 0.05) is 23.3 Å². The van der Waals surface area contributed by atoms with Crippen LogP contribution >= 0.6 is 23.4 Å². The molecule has 1 aromatic carbocycles. The van der Waals surface area contributed by atoms with Crippen LogP contribution in [0.3, 0.4) is 0 Å². The fourth-order valence-corrected chi connectivity index (χ4v) is 6.07. The van der Waals surface area contributed by atoms with Crippen LogP contribution in [0.1, 0.15) is 22.8 Å². The molecule has 0 radical (unpaired) electrons. The number of ether oxygens (including phenoxy) is 1. The average Bonchev–Trinajstić information content (AvgIpc) is 3.04. The summed E-state index contributed by atoms with van der Waals surface area (Å²) in [5.74, 6) is 0.830. The molecule has 0 N–H and O–H groups in total. The van der Waals surface area contributed by atoms with Crippen molar-refractivity contribution in [2.45, 2.75) is 23.1 Å². The van der Waals surface area contributed by atoms with Crippen molar-refractivity contribution in [1.82, 2.24) is 4.98 Å². The first-order chi connectivity index (χ1) is 12.5. The third-order valence-electron chi connectivity index (χ3n) is 4.13. The minimum Gasteiger partial charge on any atom is -0.439 e. The van der Waals surface area contributed by atoms with E-state index in [4.69, 9.17) is 16.3 Å². The third-order valence-corrected chi connectivity index (χ3v) is 7.57. The lowest BCUT2D eigenvalue weighted by molar-refractivity contribution is -0.137. The van der Waals surface area contributed by atoms with E-state index in [1.54, 1.807) is 12.1 Å². The van der Waals surface area contributed by atoms with Crippen molar-refractivity contribution in [2.24, 2.45) is 0 Å². The van der Waals surface area contributed by atoms with Gasteiger partial charge in [-0.1, -0.05) is 11.6 Å². The zero-order valence-corrected chi connectivity index (χ0v) is 16.4. The molecule has 3 rings (SSSR count). The SMILES string of the molecule is CS(=O)(=O)C1CSC(c2cc(Cl)nc(Oc3ccc(C(F)(F)F)cc3)c2)C1. The number of hydrogen-bond acceptors (Lipinski definition) is 5. The Labute approximate surface area is 164 Å². The number of thioether (sulfide) groups is 1. The van der Waals surface area contributed by atoms with Crippen LogP contribution in [0.2, 0.25) is 5.15 Å². The van der Waals surface area contributed by atoms with Crippen LogP contribution in [0.15, 0.2) is 36.4 Å². The molecule has 0 amide bonds. The van der Waals surface area contributed by atoms with Crippen molar-refractivity contribution in [3.63, 3.8) is 0 Å². The second kappa shape index (κ2) is 7.52. The van der Waals surface area contributed by atoms with Crippen LogP contribution in [-0.2, 0) is 16.0 Å². The number of rotatable bonds is 4. The fraction of sp³-hybridized carbons (Fsp3) is 0.353. The average molecular weight is 438 g/mol. The predicted octanol–water partition coefficient (Wildman–Crippen LogP) is 5.14. The van der Waals surface area contributed by atoms with Gasteiger partial charge in [0.1, 0.15) is 10.9 Å². The third kappa shape index (κ3) is 5.08. The number of pyridine rings is 1. The summed E-state index contributed by atoms with van der Waals surface area (Å²) < 4.78 is 66.9. The highest BCUT2D eigenvalue weighted by atomic mass is 35.5. The van der Waals surface area contributed by atoms with Crippen molar-refractivity contribution >= 4 is 33.2 Å². The van der Waals surface area contributed by atoms with E-state index in [2.05, 4.69) is 4.98 Å². The molecule has 1 aliphatic rings. The second-order valence-electron chi connectivity index (χ2n) is 6.19. The molecule has 4 nitrogen and oxygen atoms in total. The van der Waals surface area contributed by atoms with Gasteiger partial charge in [-0.2, -0.15) is 24.9 Å². The number of benzene rings is 1. The van der Waals surface area contributed by atoms with E-state index in [1.807, 2.05) is 0 Å². The topological polar surface area (TPSA) is 56.3 Å². The largest absolute Gasteiger partial charge is 0.439 e. The Morgan fingerprint density at radius 3 is 2.44 bits per heavy atom. The Balaban J connectivity index is 1.78. The van der Waals surface area contributed by atoms with Crippen molar-refractivity contribution in [1.29, 1.82) is 0 Å². The van der Waals surface area contributed by atoms with Gasteiger partial charge in [-0.3, -0.25) is 0 Å². The molecule has 27 heavy (non-hydrogen) atoms. The van der Waals surface area contributed by atoms with Crippen LogP contribution in [-0.4, -0.2) is 30.7 Å². The van der Waals surface area contributed by atoms with Gasteiger partial charge >= 0.3 is 6.18 Å². The lowest BCUT2D eigenvalue weighted by Crippen LogP contribution is -2.18. The molecule has 1 fully saturated rings. The van der Waals surface area contributed by atoms with Crippen molar-refractivity contribution < 1.29 is 26.3 Å². The van der Waals surface area contributed by atoms with Gasteiger partial charge in [0.05, 0.1) is 10.8 Å². The molecule has 0 saturated carbocycles. The minimum absolute atomic E-state index is 0.0693. The first-order valence-corrected chi connectivity index (χ1v) is 11.2. The number of nitrogens with zero attached hydrogens (tertiary/aromatic N) is 1. The summed E-state index contributed by atoms with van der Waals surface area (Å²) in [4.78, 5) is 4.03. The molecule has 2 atom stereocenters. The van der Waals surface area contributed by atoms with E-state index >= 15 is 0 Å². The molecule has 0 aliphatic carbocycles. The summed E-state index contributed by atoms with van der Waals surface area (Å²) in [6.07, 6.45) is -2.74. The lowest BCUT2D eigenvalue weighted by atomic mass is 10.1. The second-order valence-corrected chi connectivity index (χ2v) is 10.1. The summed E-state index contributed by atoms with van der Waals surface area (Å²) in [6, 6.07) is 7.52. The van der Waals surface area contributed by atoms with Crippen LogP contribution in [0.25, 0.3) is 0 Å². The number of alkyl halides is 3. The zero-order valence-electron chi connectivity index (χ0n) is 14.0. The maximum Gasteiger partial charge on any atom is 0.416 e. The van der Waals surface area contributed by atoms with Crippen LogP contribution in [0, 0.1) is 0 Å². The number of aromatic nitrogens is 1. The molecule has 1 aliphatic heterocycles. The molecule has 0 spiro atoms. The molecule has 2 aromatic rings. The highest BCUT2D eigenvalue weighted by molar-refractivity contribution is 8.01. The Bertz CT molecular complexity index is 933. The highest BCUT2D eigenvalue weighted by Gasteiger charge is 2.33. The Hall–Kier alpha value is -1.45. The Kier molecular flexibility index (Phi) is 5.65. The Morgan fingerprint density at radius 1 is 1.22 bits per heavy atom. The monoisotopic (exact) mass is 437 g/mol. The van der Waals surface area contributed by atoms with Gasteiger partial charge in [-0.25, -0.2) is 13.4 Å². The van der Waals surface area contributed by atoms with Crippen molar-refractivity contribution in [3.8, 4) is 11.6 Å². The van der Waals surface area contributed by atoms with E-state index in [0.29, 0.717) is 12.2 Å². The summed E-state index contributed by atoms with van der Waals surface area (Å²) in [7, 11) is -3.12. The first kappa shape index (κ1) is 20.3. The van der Waals surface area contributed by atoms with E-state index < -0.39 is 26.8 Å². The van der Waals surface area contributed by atoms with Crippen molar-refractivity contribution in [3.05, 3.63) is 52.7 Å². The summed E-state index contributed by atoms with van der Waals surface area (Å²) in [5.41, 5.74) is -0.00294. The molecule has 2 heterocycles. The normalized spacial score (nSPS) is 20.6. The van der Waals surface area contributed by atoms with E-state index in [9.17, 15) is 21.6 Å². The number of halogens is 4. The van der Waals surface area contributed by atoms with Crippen LogP contribution in [0.4, 0.5) is 13.2 Å². The molecule has 0 bridgehead atoms. The quantitative estimate of drug-likeness (QED) is 0.620. The number of hydrogen-bond donors (Lipinski definition) is 0. The summed E-state index contributed by atoms with van der Waals surface area (Å²) in [5, 5.41) is -0.322. The van der Waals surface area contributed by atoms with Gasteiger partial charge in [-0.05, 0) is 42.3 Å². The van der Waals surface area contributed by atoms with E-state index in [0.717, 1.165) is 17.7 Å². The maximum atomic E-state index is 12.6. The fourth-order valence-electron chi connectivity index (χ4n) is 2.69. The van der Waals surface area contributed by atoms with Crippen molar-refractivity contribution in [2.75, 3.05) is 12.0 Å². The maximum absolute atomic E-state index is 12.6. The summed E-state index contributed by atoms with van der Waals surface area (Å²) >= 11 is 7.55. The zero-order chi connectivity index (χ0) is 19.8. The standard InChI is InChI=1S/C17H15ClF3NO3S2/c1-27(23,24)13-8-14(26-9-13)10-6-15(18)22-16(7-10)25-12-4-2-11(3-5-12)17(19,20)21/h2-7,13-14H,8-9H2,1H3.